The predicted octanol–water partition coefficient (Wildman–Crippen LogP) is 10.3. The second kappa shape index (κ2) is 40.4. The van der Waals surface area contributed by atoms with Gasteiger partial charge in [-0.05, 0) is 83.5 Å². The molecule has 1 rings (SSSR count). The highest BCUT2D eigenvalue weighted by Crippen LogP contribution is 2.47. The molecule has 0 amide bonds. The largest absolute Gasteiger partial charge is 0.472 e. The van der Waals surface area contributed by atoms with Crippen LogP contribution in [0.25, 0.3) is 0 Å². The molecule has 374 valence electrons. The first-order valence-corrected chi connectivity index (χ1v) is 26.2. The number of allylic oxidation sites excluding steroid dienone is 12. The van der Waals surface area contributed by atoms with E-state index in [4.69, 9.17) is 18.5 Å². The molecule has 1 aliphatic rings. The molecule has 6 unspecified atom stereocenters. The Morgan fingerprint density at radius 2 is 0.862 bits per heavy atom. The standard InChI is InChI=1S/C51H87O13P/c1-3-5-7-9-11-13-15-17-19-21-22-24-26-28-30-32-34-36-38-40-45(53)63-43(42-62-65(59,60)64-51-49(57)47(55)46(54)48(56)50(51)58)41-61-44(52)39-37-35-33-31-29-27-25-23-20-18-16-14-12-10-8-6-4-2/h8,10-11,13-14,16-17,19-20,23,27,29,43,46-51,54-58H,3-7,9,12,15,18,21-22,24-26,28,30-42H2,1-2H3,(H,59,60)/b10-8+,13-11+,16-14+,19-17+,23-20+,29-27+/t43-,46?,47-,48?,49?,50?,51?/m1/s1. The lowest BCUT2D eigenvalue weighted by Gasteiger charge is -2.41. The number of phosphoric ester groups is 1. The van der Waals surface area contributed by atoms with Gasteiger partial charge in [0.1, 0.15) is 43.2 Å². The zero-order chi connectivity index (χ0) is 47.8. The molecular weight excluding hydrogens is 852 g/mol. The quantitative estimate of drug-likeness (QED) is 0.0146. The van der Waals surface area contributed by atoms with E-state index in [-0.39, 0.29) is 12.8 Å². The Bertz CT molecular complexity index is 1410. The van der Waals surface area contributed by atoms with Crippen molar-refractivity contribution in [3.05, 3.63) is 72.9 Å². The van der Waals surface area contributed by atoms with E-state index in [0.717, 1.165) is 83.5 Å². The van der Waals surface area contributed by atoms with Crippen LogP contribution < -0.4 is 0 Å². The molecule has 0 aliphatic heterocycles. The number of aliphatic hydroxyl groups excluding tert-OH is 5. The summed E-state index contributed by atoms with van der Waals surface area (Å²) in [6.45, 7) is 3.18. The third-order valence-electron chi connectivity index (χ3n) is 11.0. The van der Waals surface area contributed by atoms with Crippen LogP contribution in [0.2, 0.25) is 0 Å². The van der Waals surface area contributed by atoms with E-state index in [1.165, 1.54) is 57.8 Å². The van der Waals surface area contributed by atoms with E-state index in [1.54, 1.807) is 0 Å². The highest BCUT2D eigenvalue weighted by Gasteiger charge is 2.51. The summed E-state index contributed by atoms with van der Waals surface area (Å²) in [4.78, 5) is 35.8. The Morgan fingerprint density at radius 1 is 0.477 bits per heavy atom. The van der Waals surface area contributed by atoms with Crippen molar-refractivity contribution < 1.29 is 63.1 Å². The van der Waals surface area contributed by atoms with Gasteiger partial charge >= 0.3 is 19.8 Å². The fourth-order valence-corrected chi connectivity index (χ4v) is 7.99. The molecule has 0 spiro atoms. The van der Waals surface area contributed by atoms with E-state index in [1.807, 2.05) is 0 Å². The van der Waals surface area contributed by atoms with Gasteiger partial charge in [0.05, 0.1) is 6.61 Å². The molecule has 6 N–H and O–H groups in total. The lowest BCUT2D eigenvalue weighted by Crippen LogP contribution is -2.64. The van der Waals surface area contributed by atoms with E-state index in [0.29, 0.717) is 12.8 Å². The summed E-state index contributed by atoms with van der Waals surface area (Å²) in [6, 6.07) is 0. The first kappa shape index (κ1) is 60.3. The molecule has 13 nitrogen and oxygen atoms in total. The Morgan fingerprint density at radius 3 is 1.34 bits per heavy atom. The van der Waals surface area contributed by atoms with Crippen molar-refractivity contribution in [3.63, 3.8) is 0 Å². The number of hydrogen-bond donors (Lipinski definition) is 6. The van der Waals surface area contributed by atoms with Crippen LogP contribution in [-0.2, 0) is 32.7 Å². The lowest BCUT2D eigenvalue weighted by molar-refractivity contribution is -0.220. The number of aliphatic hydroxyl groups is 5. The summed E-state index contributed by atoms with van der Waals surface area (Å²) in [7, 11) is -5.13. The van der Waals surface area contributed by atoms with Crippen molar-refractivity contribution in [2.24, 2.45) is 0 Å². The maximum absolute atomic E-state index is 12.8. The Labute approximate surface area is 391 Å². The van der Waals surface area contributed by atoms with Gasteiger partial charge in [0.15, 0.2) is 6.10 Å². The third kappa shape index (κ3) is 32.6. The van der Waals surface area contributed by atoms with Crippen LogP contribution in [0.1, 0.15) is 181 Å². The van der Waals surface area contributed by atoms with Gasteiger partial charge in [-0.2, -0.15) is 0 Å². The number of carbonyl (C=O) groups is 2. The molecule has 1 aliphatic carbocycles. The number of carbonyl (C=O) groups excluding carboxylic acids is 2. The van der Waals surface area contributed by atoms with Crippen molar-refractivity contribution in [1.29, 1.82) is 0 Å². The molecule has 1 saturated carbocycles. The van der Waals surface area contributed by atoms with Gasteiger partial charge in [0.2, 0.25) is 0 Å². The van der Waals surface area contributed by atoms with Crippen molar-refractivity contribution >= 4 is 19.8 Å². The fourth-order valence-electron chi connectivity index (χ4n) is 7.01. The average molecular weight is 939 g/mol. The molecule has 0 saturated heterocycles. The highest BCUT2D eigenvalue weighted by molar-refractivity contribution is 7.47. The minimum atomic E-state index is -5.13. The molecule has 8 atom stereocenters. The maximum Gasteiger partial charge on any atom is 0.472 e. The molecule has 0 bridgehead atoms. The third-order valence-corrected chi connectivity index (χ3v) is 12.0. The normalized spacial score (nSPS) is 22.0. The number of unbranched alkanes of at least 4 members (excludes halogenated alkanes) is 16. The van der Waals surface area contributed by atoms with Crippen LogP contribution in [0.4, 0.5) is 0 Å². The zero-order valence-corrected chi connectivity index (χ0v) is 40.7. The van der Waals surface area contributed by atoms with Crippen LogP contribution in [0.3, 0.4) is 0 Å². The number of hydrogen-bond acceptors (Lipinski definition) is 12. The Hall–Kier alpha value is -2.71. The second-order valence-corrected chi connectivity index (χ2v) is 18.4. The maximum atomic E-state index is 12.8. The minimum absolute atomic E-state index is 0.0811. The number of rotatable bonds is 40. The van der Waals surface area contributed by atoms with E-state index in [2.05, 4.69) is 86.8 Å². The van der Waals surface area contributed by atoms with Crippen molar-refractivity contribution in [2.45, 2.75) is 224 Å². The molecule has 0 heterocycles. The molecule has 0 aromatic heterocycles. The second-order valence-electron chi connectivity index (χ2n) is 17.0. The monoisotopic (exact) mass is 939 g/mol. The lowest BCUT2D eigenvalue weighted by atomic mass is 9.85. The van der Waals surface area contributed by atoms with Crippen LogP contribution >= 0.6 is 7.82 Å². The van der Waals surface area contributed by atoms with Crippen LogP contribution in [-0.4, -0.2) is 98.3 Å². The van der Waals surface area contributed by atoms with Crippen LogP contribution in [0, 0.1) is 0 Å². The summed E-state index contributed by atoms with van der Waals surface area (Å²) in [5, 5.41) is 50.2. The van der Waals surface area contributed by atoms with Gasteiger partial charge in [-0.15, -0.1) is 0 Å². The van der Waals surface area contributed by atoms with E-state index in [9.17, 15) is 44.6 Å². The van der Waals surface area contributed by atoms with Gasteiger partial charge < -0.3 is 39.9 Å². The van der Waals surface area contributed by atoms with Crippen molar-refractivity contribution in [2.75, 3.05) is 13.2 Å². The summed E-state index contributed by atoms with van der Waals surface area (Å²) in [5.74, 6) is -1.14. The molecule has 14 heteroatoms. The average Bonchev–Trinajstić information content (AvgIpc) is 3.29. The Balaban J connectivity index is 2.45. The summed E-state index contributed by atoms with van der Waals surface area (Å²) < 4.78 is 33.6. The smallest absolute Gasteiger partial charge is 0.462 e. The summed E-state index contributed by atoms with van der Waals surface area (Å²) in [5.41, 5.74) is 0. The van der Waals surface area contributed by atoms with Gasteiger partial charge in [0, 0.05) is 12.8 Å². The first-order valence-electron chi connectivity index (χ1n) is 24.7. The van der Waals surface area contributed by atoms with Crippen molar-refractivity contribution in [1.82, 2.24) is 0 Å². The molecule has 0 aromatic rings. The summed E-state index contributed by atoms with van der Waals surface area (Å²) >= 11 is 0. The molecule has 0 aromatic carbocycles. The zero-order valence-electron chi connectivity index (χ0n) is 39.8. The van der Waals surface area contributed by atoms with Crippen LogP contribution in [0.15, 0.2) is 72.9 Å². The fraction of sp³-hybridized carbons (Fsp3) is 0.725. The van der Waals surface area contributed by atoms with Crippen molar-refractivity contribution in [3.8, 4) is 0 Å². The molecule has 0 radical (unpaired) electrons. The highest BCUT2D eigenvalue weighted by atomic mass is 31.2. The number of esters is 2. The summed E-state index contributed by atoms with van der Waals surface area (Å²) in [6.07, 6.45) is 38.0. The van der Waals surface area contributed by atoms with Gasteiger partial charge in [-0.25, -0.2) is 4.57 Å². The molecule has 65 heavy (non-hydrogen) atoms. The molecular formula is C51H87O13P. The molecule has 1 fully saturated rings. The van der Waals surface area contributed by atoms with Gasteiger partial charge in [-0.3, -0.25) is 18.6 Å². The first-order chi connectivity index (χ1) is 31.4. The Kier molecular flexibility index (Phi) is 37.5. The van der Waals surface area contributed by atoms with Gasteiger partial charge in [0.25, 0.3) is 0 Å². The van der Waals surface area contributed by atoms with Gasteiger partial charge in [-0.1, -0.05) is 157 Å². The number of phosphoric acid groups is 1. The number of ether oxygens (including phenoxy) is 2. The topological polar surface area (TPSA) is 210 Å². The van der Waals surface area contributed by atoms with E-state index >= 15 is 0 Å². The predicted molar refractivity (Wildman–Crippen MR) is 258 cm³/mol. The minimum Gasteiger partial charge on any atom is -0.462 e. The van der Waals surface area contributed by atoms with Crippen LogP contribution in [0.5, 0.6) is 0 Å². The van der Waals surface area contributed by atoms with E-state index < -0.39 is 75.7 Å². The SMILES string of the molecule is CCC/C=C/C/C=C/C/C=C/C/C=C/CCCCCC(=O)OC[C@H](COP(=O)(O)OC1C(O)C(O)C(O)[C@@H](O)C1O)OC(=O)CCCCCCCCCCC/C=C/C/C=C/CCCCC.